The summed E-state index contributed by atoms with van der Waals surface area (Å²) in [6.45, 7) is 0. The maximum atomic E-state index is 12.3. The van der Waals surface area contributed by atoms with Crippen LogP contribution in [0, 0.1) is 0 Å². The number of hydrogen-bond donors (Lipinski definition) is 0. The van der Waals surface area contributed by atoms with Gasteiger partial charge in [-0.25, -0.2) is 0 Å². The van der Waals surface area contributed by atoms with E-state index in [9.17, 15) is 18.0 Å². The first-order valence-corrected chi connectivity index (χ1v) is 7.14. The molecule has 0 bridgehead atoms. The predicted octanol–water partition coefficient (Wildman–Crippen LogP) is 4.79. The van der Waals surface area contributed by atoms with Crippen molar-refractivity contribution in [1.29, 1.82) is 0 Å². The van der Waals surface area contributed by atoms with Crippen LogP contribution < -0.4 is 4.74 Å². The minimum Gasteiger partial charge on any atom is -0.406 e. The van der Waals surface area contributed by atoms with Crippen LogP contribution in [0.5, 0.6) is 5.75 Å². The van der Waals surface area contributed by atoms with Crippen LogP contribution in [0.4, 0.5) is 13.2 Å². The third-order valence-corrected chi connectivity index (χ3v) is 3.44. The number of thioether (sulfide) groups is 1. The van der Waals surface area contributed by atoms with Crippen molar-refractivity contribution in [3.05, 3.63) is 48.0 Å². The van der Waals surface area contributed by atoms with E-state index in [1.165, 1.54) is 23.9 Å². The van der Waals surface area contributed by atoms with Gasteiger partial charge in [0.15, 0.2) is 0 Å². The molecule has 0 fully saturated rings. The monoisotopic (exact) mass is 312 g/mol. The quantitative estimate of drug-likeness (QED) is 0.600. The van der Waals surface area contributed by atoms with Crippen molar-refractivity contribution >= 4 is 18.0 Å². The predicted molar refractivity (Wildman–Crippen MR) is 75.7 cm³/mol. The molecule has 0 radical (unpaired) electrons. The second kappa shape index (κ2) is 6.22. The van der Waals surface area contributed by atoms with Gasteiger partial charge in [-0.1, -0.05) is 24.3 Å². The smallest absolute Gasteiger partial charge is 0.406 e. The molecular weight excluding hydrogens is 301 g/mol. The molecule has 0 aromatic heterocycles. The van der Waals surface area contributed by atoms with Crippen molar-refractivity contribution in [1.82, 2.24) is 0 Å². The summed E-state index contributed by atoms with van der Waals surface area (Å²) < 4.78 is 41.0. The fourth-order valence-electron chi connectivity index (χ4n) is 1.80. The van der Waals surface area contributed by atoms with E-state index in [2.05, 4.69) is 4.74 Å². The first-order chi connectivity index (χ1) is 9.91. The van der Waals surface area contributed by atoms with E-state index >= 15 is 0 Å². The van der Waals surface area contributed by atoms with Gasteiger partial charge in [0, 0.05) is 10.5 Å². The lowest BCUT2D eigenvalue weighted by Gasteiger charge is -2.12. The van der Waals surface area contributed by atoms with E-state index in [0.29, 0.717) is 27.9 Å². The van der Waals surface area contributed by atoms with Crippen molar-refractivity contribution in [3.8, 4) is 16.9 Å². The Balaban J connectivity index is 2.41. The van der Waals surface area contributed by atoms with Gasteiger partial charge in [-0.3, -0.25) is 4.79 Å². The van der Waals surface area contributed by atoms with Crippen molar-refractivity contribution in [2.45, 2.75) is 11.3 Å². The number of aldehydes is 1. The Bertz CT molecular complexity index is 636. The van der Waals surface area contributed by atoms with Gasteiger partial charge in [-0.15, -0.1) is 24.9 Å². The molecule has 0 saturated carbocycles. The number of carbonyl (C=O) groups is 1. The summed E-state index contributed by atoms with van der Waals surface area (Å²) in [4.78, 5) is 11.3. The van der Waals surface area contributed by atoms with E-state index in [0.717, 1.165) is 0 Å². The normalized spacial score (nSPS) is 11.2. The average molecular weight is 312 g/mol. The number of benzene rings is 2. The SMILES string of the molecule is CSc1cc(OC(F)(F)F)cc(-c2ccc(C=O)cc2)c1. The highest BCUT2D eigenvalue weighted by Crippen LogP contribution is 2.32. The van der Waals surface area contributed by atoms with Gasteiger partial charge in [0.1, 0.15) is 12.0 Å². The number of rotatable bonds is 4. The molecule has 6 heteroatoms. The van der Waals surface area contributed by atoms with Gasteiger partial charge < -0.3 is 4.74 Å². The van der Waals surface area contributed by atoms with Crippen LogP contribution in [0.25, 0.3) is 11.1 Å². The highest BCUT2D eigenvalue weighted by Gasteiger charge is 2.31. The van der Waals surface area contributed by atoms with E-state index in [1.54, 1.807) is 36.6 Å². The molecular formula is C15H11F3O2S. The van der Waals surface area contributed by atoms with Crippen LogP contribution >= 0.6 is 11.8 Å². The number of halogens is 3. The third-order valence-electron chi connectivity index (χ3n) is 2.73. The Morgan fingerprint density at radius 1 is 1.05 bits per heavy atom. The molecule has 2 rings (SSSR count). The molecule has 0 unspecified atom stereocenters. The number of alkyl halides is 3. The van der Waals surface area contributed by atoms with Crippen LogP contribution in [-0.2, 0) is 0 Å². The summed E-state index contributed by atoms with van der Waals surface area (Å²) in [7, 11) is 0. The van der Waals surface area contributed by atoms with Crippen LogP contribution in [-0.4, -0.2) is 18.9 Å². The Morgan fingerprint density at radius 2 is 1.71 bits per heavy atom. The fraction of sp³-hybridized carbons (Fsp3) is 0.133. The summed E-state index contributed by atoms with van der Waals surface area (Å²) >= 11 is 1.32. The summed E-state index contributed by atoms with van der Waals surface area (Å²) in [5.74, 6) is -0.260. The summed E-state index contributed by atoms with van der Waals surface area (Å²) in [6, 6.07) is 11.0. The van der Waals surface area contributed by atoms with Crippen LogP contribution in [0.15, 0.2) is 47.4 Å². The highest BCUT2D eigenvalue weighted by atomic mass is 32.2. The molecule has 2 aromatic rings. The maximum absolute atomic E-state index is 12.3. The van der Waals surface area contributed by atoms with Crippen molar-refractivity contribution in [2.75, 3.05) is 6.26 Å². The first kappa shape index (κ1) is 15.4. The van der Waals surface area contributed by atoms with Gasteiger partial charge in [-0.05, 0) is 35.6 Å². The molecule has 2 aromatic carbocycles. The van der Waals surface area contributed by atoms with Gasteiger partial charge in [0.2, 0.25) is 0 Å². The second-order valence-electron chi connectivity index (χ2n) is 4.18. The molecule has 0 heterocycles. The van der Waals surface area contributed by atoms with Crippen molar-refractivity contribution < 1.29 is 22.7 Å². The van der Waals surface area contributed by atoms with Crippen LogP contribution in [0.1, 0.15) is 10.4 Å². The van der Waals surface area contributed by atoms with Crippen LogP contribution in [0.2, 0.25) is 0 Å². The maximum Gasteiger partial charge on any atom is 0.573 e. The van der Waals surface area contributed by atoms with Crippen molar-refractivity contribution in [3.63, 3.8) is 0 Å². The average Bonchev–Trinajstić information content (AvgIpc) is 2.45. The highest BCUT2D eigenvalue weighted by molar-refractivity contribution is 7.98. The molecule has 0 saturated heterocycles. The van der Waals surface area contributed by atoms with E-state index in [4.69, 9.17) is 0 Å². The molecule has 0 N–H and O–H groups in total. The summed E-state index contributed by atoms with van der Waals surface area (Å²) in [6.07, 6.45) is -2.25. The molecule has 0 aliphatic heterocycles. The lowest BCUT2D eigenvalue weighted by Crippen LogP contribution is -2.17. The standard InChI is InChI=1S/C15H11F3O2S/c1-21-14-7-12(6-13(8-14)20-15(16,17)18)11-4-2-10(9-19)3-5-11/h2-9H,1H3. The van der Waals surface area contributed by atoms with Crippen LogP contribution in [0.3, 0.4) is 0 Å². The zero-order valence-corrected chi connectivity index (χ0v) is 11.8. The lowest BCUT2D eigenvalue weighted by atomic mass is 10.0. The lowest BCUT2D eigenvalue weighted by molar-refractivity contribution is -0.274. The zero-order chi connectivity index (χ0) is 15.5. The summed E-state index contributed by atoms with van der Waals surface area (Å²) in [5.41, 5.74) is 1.81. The molecule has 0 aliphatic rings. The summed E-state index contributed by atoms with van der Waals surface area (Å²) in [5, 5.41) is 0. The number of hydrogen-bond acceptors (Lipinski definition) is 3. The minimum absolute atomic E-state index is 0.260. The zero-order valence-electron chi connectivity index (χ0n) is 11.0. The third kappa shape index (κ3) is 4.26. The number of carbonyl (C=O) groups excluding carboxylic acids is 1. The van der Waals surface area contributed by atoms with Crippen molar-refractivity contribution in [2.24, 2.45) is 0 Å². The molecule has 0 spiro atoms. The largest absolute Gasteiger partial charge is 0.573 e. The van der Waals surface area contributed by atoms with Gasteiger partial charge >= 0.3 is 6.36 Å². The van der Waals surface area contributed by atoms with Gasteiger partial charge in [0.25, 0.3) is 0 Å². The molecule has 0 atom stereocenters. The Labute approximate surface area is 123 Å². The molecule has 21 heavy (non-hydrogen) atoms. The Morgan fingerprint density at radius 3 is 2.24 bits per heavy atom. The molecule has 0 aliphatic carbocycles. The topological polar surface area (TPSA) is 26.3 Å². The Hall–Kier alpha value is -1.95. The fourth-order valence-corrected chi connectivity index (χ4v) is 2.28. The Kier molecular flexibility index (Phi) is 4.57. The number of ether oxygens (including phenoxy) is 1. The molecule has 2 nitrogen and oxygen atoms in total. The van der Waals surface area contributed by atoms with E-state index in [1.807, 2.05) is 0 Å². The first-order valence-electron chi connectivity index (χ1n) is 5.92. The van der Waals surface area contributed by atoms with Gasteiger partial charge in [-0.2, -0.15) is 0 Å². The minimum atomic E-state index is -4.73. The second-order valence-corrected chi connectivity index (χ2v) is 5.06. The molecule has 0 amide bonds. The van der Waals surface area contributed by atoms with E-state index < -0.39 is 6.36 Å². The van der Waals surface area contributed by atoms with E-state index in [-0.39, 0.29) is 5.75 Å². The van der Waals surface area contributed by atoms with Gasteiger partial charge in [0.05, 0.1) is 0 Å². The molecule has 110 valence electrons.